The Kier molecular flexibility index (Phi) is 7.35. The minimum atomic E-state index is -0.975. The molecule has 38 heavy (non-hydrogen) atoms. The van der Waals surface area contributed by atoms with E-state index in [1.54, 1.807) is 22.9 Å². The van der Waals surface area contributed by atoms with Crippen LogP contribution < -0.4 is 16.0 Å². The zero-order valence-corrected chi connectivity index (χ0v) is 20.9. The van der Waals surface area contributed by atoms with Gasteiger partial charge in [0.15, 0.2) is 0 Å². The molecular weight excluding hydrogens is 480 g/mol. The number of hydrogen-bond donors (Lipinski definition) is 1. The Balaban J connectivity index is 1.26. The third-order valence-electron chi connectivity index (χ3n) is 6.75. The number of carboxylic acid groups (broad SMARTS) is 1. The Labute approximate surface area is 219 Å². The van der Waals surface area contributed by atoms with E-state index in [2.05, 4.69) is 30.3 Å². The molecule has 0 amide bonds. The molecule has 7 heteroatoms. The molecule has 1 N–H and O–H groups in total. The van der Waals surface area contributed by atoms with Gasteiger partial charge in [0.1, 0.15) is 5.75 Å². The van der Waals surface area contributed by atoms with Gasteiger partial charge in [-0.1, -0.05) is 48.5 Å². The minimum Gasteiger partial charge on any atom is -0.494 e. The molecule has 0 aliphatic heterocycles. The van der Waals surface area contributed by atoms with Crippen molar-refractivity contribution in [1.82, 2.24) is 9.13 Å². The lowest BCUT2D eigenvalue weighted by Crippen LogP contribution is -2.39. The van der Waals surface area contributed by atoms with Crippen molar-refractivity contribution in [2.75, 3.05) is 6.61 Å². The molecule has 0 aliphatic carbocycles. The summed E-state index contributed by atoms with van der Waals surface area (Å²) < 4.78 is 8.58. The Bertz CT molecular complexity index is 1660. The van der Waals surface area contributed by atoms with Crippen LogP contribution in [-0.4, -0.2) is 26.8 Å². The fraction of sp³-hybridized carbons (Fsp3) is 0.194. The van der Waals surface area contributed by atoms with Crippen molar-refractivity contribution in [3.8, 4) is 5.75 Å². The number of aromatic nitrogens is 2. The smallest absolute Gasteiger partial charge is 0.335 e. The van der Waals surface area contributed by atoms with Gasteiger partial charge in [-0.25, -0.2) is 9.59 Å². The van der Waals surface area contributed by atoms with Gasteiger partial charge in [-0.2, -0.15) is 0 Å². The molecule has 7 nitrogen and oxygen atoms in total. The molecule has 0 saturated heterocycles. The number of carbonyl (C=O) groups is 1. The second kappa shape index (κ2) is 11.2. The molecule has 0 aliphatic rings. The average Bonchev–Trinajstić information content (AvgIpc) is 2.93. The van der Waals surface area contributed by atoms with Crippen LogP contribution in [0, 0.1) is 0 Å². The number of benzene rings is 4. The summed E-state index contributed by atoms with van der Waals surface area (Å²) in [7, 11) is 0. The first-order valence-corrected chi connectivity index (χ1v) is 12.7. The Morgan fingerprint density at radius 1 is 0.789 bits per heavy atom. The number of ether oxygens (including phenoxy) is 1. The van der Waals surface area contributed by atoms with E-state index in [4.69, 9.17) is 9.84 Å². The highest BCUT2D eigenvalue weighted by atomic mass is 16.5. The number of rotatable bonds is 10. The molecule has 1 aromatic heterocycles. The Hall–Kier alpha value is -4.65. The topological polar surface area (TPSA) is 90.5 Å². The zero-order valence-electron chi connectivity index (χ0n) is 20.9. The van der Waals surface area contributed by atoms with Crippen LogP contribution in [0.2, 0.25) is 0 Å². The molecular formula is C31H28N2O5. The second-order valence-corrected chi connectivity index (χ2v) is 9.25. The van der Waals surface area contributed by atoms with Gasteiger partial charge in [0, 0.05) is 18.8 Å². The summed E-state index contributed by atoms with van der Waals surface area (Å²) in [6, 6.07) is 26.2. The number of carboxylic acids is 1. The number of fused-ring (bicyclic) bond motifs is 2. The Morgan fingerprint density at radius 3 is 2.11 bits per heavy atom. The van der Waals surface area contributed by atoms with Crippen LogP contribution in [0.4, 0.5) is 0 Å². The van der Waals surface area contributed by atoms with Gasteiger partial charge in [0.2, 0.25) is 0 Å². The third-order valence-corrected chi connectivity index (χ3v) is 6.75. The van der Waals surface area contributed by atoms with E-state index in [1.807, 2.05) is 24.3 Å². The summed E-state index contributed by atoms with van der Waals surface area (Å²) in [5.41, 5.74) is 0.651. The van der Waals surface area contributed by atoms with Crippen molar-refractivity contribution in [2.24, 2.45) is 0 Å². The highest BCUT2D eigenvalue weighted by molar-refractivity contribution is 6.02. The number of hydrogen-bond acceptors (Lipinski definition) is 4. The van der Waals surface area contributed by atoms with Crippen LogP contribution in [0.5, 0.6) is 5.75 Å². The molecule has 192 valence electrons. The van der Waals surface area contributed by atoms with Gasteiger partial charge in [-0.15, -0.1) is 0 Å². The summed E-state index contributed by atoms with van der Waals surface area (Å²) >= 11 is 0. The van der Waals surface area contributed by atoms with Crippen LogP contribution in [0.1, 0.15) is 35.2 Å². The molecule has 0 bridgehead atoms. The van der Waals surface area contributed by atoms with E-state index in [-0.39, 0.29) is 16.8 Å². The predicted molar refractivity (Wildman–Crippen MR) is 148 cm³/mol. The molecule has 5 rings (SSSR count). The number of nitrogens with zero attached hydrogens (tertiary/aromatic N) is 2. The fourth-order valence-corrected chi connectivity index (χ4v) is 4.76. The van der Waals surface area contributed by atoms with Crippen LogP contribution in [-0.2, 0) is 13.1 Å². The van der Waals surface area contributed by atoms with Gasteiger partial charge >= 0.3 is 11.7 Å². The SMILES string of the molecule is O=C(O)c1ccc(OCCCCCn2c(=O)ccn(Cc3c4ccccc4cc4ccccc34)c2=O)cc1. The average molecular weight is 509 g/mol. The monoisotopic (exact) mass is 508 g/mol. The molecule has 5 aromatic rings. The molecule has 0 atom stereocenters. The molecule has 0 spiro atoms. The fourth-order valence-electron chi connectivity index (χ4n) is 4.76. The van der Waals surface area contributed by atoms with E-state index < -0.39 is 5.97 Å². The van der Waals surface area contributed by atoms with Crippen molar-refractivity contribution in [3.63, 3.8) is 0 Å². The van der Waals surface area contributed by atoms with Gasteiger partial charge in [0.05, 0.1) is 18.7 Å². The summed E-state index contributed by atoms with van der Waals surface area (Å²) in [6.07, 6.45) is 3.78. The van der Waals surface area contributed by atoms with Gasteiger partial charge in [-0.05, 0) is 76.7 Å². The second-order valence-electron chi connectivity index (χ2n) is 9.25. The number of aromatic carboxylic acids is 1. The summed E-state index contributed by atoms with van der Waals surface area (Å²) in [6.45, 7) is 1.17. The van der Waals surface area contributed by atoms with Crippen molar-refractivity contribution in [1.29, 1.82) is 0 Å². The lowest BCUT2D eigenvalue weighted by atomic mass is 9.97. The predicted octanol–water partition coefficient (Wildman–Crippen LogP) is 5.31. The van der Waals surface area contributed by atoms with Crippen molar-refractivity contribution in [3.05, 3.63) is 123 Å². The van der Waals surface area contributed by atoms with Gasteiger partial charge in [-0.3, -0.25) is 13.9 Å². The highest BCUT2D eigenvalue weighted by Gasteiger charge is 2.11. The summed E-state index contributed by atoms with van der Waals surface area (Å²) in [5.74, 6) is -0.365. The number of unbranched alkanes of at least 4 members (excludes halogenated alkanes) is 2. The third kappa shape index (κ3) is 5.37. The largest absolute Gasteiger partial charge is 0.494 e. The van der Waals surface area contributed by atoms with E-state index in [0.29, 0.717) is 31.9 Å². The van der Waals surface area contributed by atoms with Crippen LogP contribution in [0.25, 0.3) is 21.5 Å². The minimum absolute atomic E-state index is 0.213. The maximum Gasteiger partial charge on any atom is 0.335 e. The molecule has 0 unspecified atom stereocenters. The quantitative estimate of drug-likeness (QED) is 0.204. The molecule has 1 heterocycles. The van der Waals surface area contributed by atoms with Crippen LogP contribution in [0.3, 0.4) is 0 Å². The first-order chi connectivity index (χ1) is 18.5. The van der Waals surface area contributed by atoms with Gasteiger partial charge < -0.3 is 9.84 Å². The first kappa shape index (κ1) is 25.0. The van der Waals surface area contributed by atoms with E-state index in [9.17, 15) is 14.4 Å². The van der Waals surface area contributed by atoms with Crippen LogP contribution >= 0.6 is 0 Å². The van der Waals surface area contributed by atoms with Crippen molar-refractivity contribution >= 4 is 27.5 Å². The van der Waals surface area contributed by atoms with E-state index in [0.717, 1.165) is 39.9 Å². The molecule has 0 saturated carbocycles. The summed E-state index contributed by atoms with van der Waals surface area (Å²) in [4.78, 5) is 36.8. The Morgan fingerprint density at radius 2 is 1.45 bits per heavy atom. The van der Waals surface area contributed by atoms with Gasteiger partial charge in [0.25, 0.3) is 5.56 Å². The maximum atomic E-state index is 13.3. The van der Waals surface area contributed by atoms with E-state index in [1.165, 1.54) is 22.8 Å². The zero-order chi connectivity index (χ0) is 26.5. The van der Waals surface area contributed by atoms with Crippen molar-refractivity contribution in [2.45, 2.75) is 32.4 Å². The lowest BCUT2D eigenvalue weighted by molar-refractivity contribution is 0.0697. The maximum absolute atomic E-state index is 13.3. The summed E-state index contributed by atoms with van der Waals surface area (Å²) in [5, 5.41) is 13.4. The van der Waals surface area contributed by atoms with Crippen LogP contribution in [0.15, 0.2) is 101 Å². The highest BCUT2D eigenvalue weighted by Crippen LogP contribution is 2.28. The lowest BCUT2D eigenvalue weighted by Gasteiger charge is -2.14. The normalized spacial score (nSPS) is 11.2. The molecule has 4 aromatic carbocycles. The first-order valence-electron chi connectivity index (χ1n) is 12.7. The molecule has 0 radical (unpaired) electrons. The molecule has 0 fully saturated rings. The van der Waals surface area contributed by atoms with Crippen molar-refractivity contribution < 1.29 is 14.6 Å². The van der Waals surface area contributed by atoms with E-state index >= 15 is 0 Å². The standard InChI is InChI=1S/C31H28N2O5/c34-29-16-18-32(21-28-26-10-4-2-8-23(26)20-24-9-3-5-11-27(24)28)31(37)33(29)17-6-1-7-19-38-25-14-12-22(13-15-25)30(35)36/h2-5,8-16,18,20H,1,6-7,17,19,21H2,(H,35,36).